The van der Waals surface area contributed by atoms with Crippen molar-refractivity contribution in [1.29, 1.82) is 0 Å². The third-order valence-electron chi connectivity index (χ3n) is 14.0. The lowest BCUT2D eigenvalue weighted by Crippen LogP contribution is -2.22. The highest BCUT2D eigenvalue weighted by molar-refractivity contribution is 5.95. The zero-order valence-corrected chi connectivity index (χ0v) is 37.4. The average Bonchev–Trinajstić information content (AvgIpc) is 3.68. The Morgan fingerprint density at radius 3 is 1.51 bits per heavy atom. The summed E-state index contributed by atoms with van der Waals surface area (Å²) in [4.78, 5) is 2.43. The van der Waals surface area contributed by atoms with Crippen LogP contribution >= 0.6 is 0 Å². The van der Waals surface area contributed by atoms with Gasteiger partial charge in [0.05, 0.1) is 5.69 Å². The van der Waals surface area contributed by atoms with E-state index in [1.807, 2.05) is 0 Å². The molecule has 0 aliphatic heterocycles. The van der Waals surface area contributed by atoms with Gasteiger partial charge in [-0.25, -0.2) is 0 Å². The molecule has 0 amide bonds. The van der Waals surface area contributed by atoms with E-state index in [9.17, 15) is 0 Å². The van der Waals surface area contributed by atoms with E-state index < -0.39 is 0 Å². The molecule has 1 atom stereocenters. The molecule has 0 saturated heterocycles. The van der Waals surface area contributed by atoms with E-state index in [2.05, 4.69) is 279 Å². The highest BCUT2D eigenvalue weighted by atomic mass is 15.1. The summed E-state index contributed by atoms with van der Waals surface area (Å²) in [5, 5.41) is 2.50. The number of anilines is 3. The van der Waals surface area contributed by atoms with E-state index in [4.69, 9.17) is 0 Å². The predicted molar refractivity (Wildman–Crippen MR) is 283 cm³/mol. The summed E-state index contributed by atoms with van der Waals surface area (Å²) in [6, 6.07) is 97.7. The standard InChI is InChI=1S/C66H47N/c1-66(56-21-6-3-7-22-56)62-27-12-10-25-61(62)65-60(26-15-28-63(65)66)52-40-42-57(43-41-52)67(58-23-14-20-54(45-58)49-32-30-48(31-33-49)46-16-4-2-5-17-46)64-29-13-11-24-59(64)51-37-34-50(35-38-51)55-39-36-47-18-8-9-19-53(47)44-55/h2-45H,1H3. The van der Waals surface area contributed by atoms with Crippen LogP contribution in [0.25, 0.3) is 77.5 Å². The normalized spacial score (nSPS) is 13.8. The molecule has 12 rings (SSSR count). The quantitative estimate of drug-likeness (QED) is 0.140. The molecule has 0 N–H and O–H groups in total. The first-order valence-electron chi connectivity index (χ1n) is 23.2. The second-order valence-electron chi connectivity index (χ2n) is 17.8. The summed E-state index contributed by atoms with van der Waals surface area (Å²) >= 11 is 0. The largest absolute Gasteiger partial charge is 0.310 e. The summed E-state index contributed by atoms with van der Waals surface area (Å²) < 4.78 is 0. The first-order chi connectivity index (χ1) is 33.1. The maximum Gasteiger partial charge on any atom is 0.0540 e. The van der Waals surface area contributed by atoms with Gasteiger partial charge in [0.15, 0.2) is 0 Å². The van der Waals surface area contributed by atoms with E-state index in [-0.39, 0.29) is 5.41 Å². The summed E-state index contributed by atoms with van der Waals surface area (Å²) in [6.45, 7) is 2.39. The van der Waals surface area contributed by atoms with Crippen LogP contribution in [0.4, 0.5) is 17.1 Å². The molecule has 67 heavy (non-hydrogen) atoms. The van der Waals surface area contributed by atoms with E-state index in [0.29, 0.717) is 0 Å². The van der Waals surface area contributed by atoms with Crippen LogP contribution in [0, 0.1) is 0 Å². The minimum absolute atomic E-state index is 0.260. The van der Waals surface area contributed by atoms with Crippen molar-refractivity contribution in [3.8, 4) is 66.8 Å². The van der Waals surface area contributed by atoms with E-state index in [0.717, 1.165) is 33.8 Å². The van der Waals surface area contributed by atoms with Crippen molar-refractivity contribution in [2.45, 2.75) is 12.3 Å². The Bertz CT molecular complexity index is 3550. The Hall–Kier alpha value is -8.52. The molecule has 0 fully saturated rings. The molecule has 1 nitrogen and oxygen atoms in total. The molecule has 0 spiro atoms. The van der Waals surface area contributed by atoms with Crippen LogP contribution in [-0.2, 0) is 5.41 Å². The second kappa shape index (κ2) is 16.8. The third-order valence-corrected chi connectivity index (χ3v) is 14.0. The van der Waals surface area contributed by atoms with Crippen LogP contribution in [0.15, 0.2) is 267 Å². The molecule has 11 aromatic rings. The molecule has 11 aromatic carbocycles. The summed E-state index contributed by atoms with van der Waals surface area (Å²) in [7, 11) is 0. The van der Waals surface area contributed by atoms with Gasteiger partial charge in [-0.2, -0.15) is 0 Å². The Morgan fingerprint density at radius 2 is 0.761 bits per heavy atom. The molecule has 0 saturated carbocycles. The summed E-state index contributed by atoms with van der Waals surface area (Å²) in [6.07, 6.45) is 0. The Kier molecular flexibility index (Phi) is 10.0. The molecule has 0 heterocycles. The third kappa shape index (κ3) is 7.13. The Balaban J connectivity index is 0.962. The summed E-state index contributed by atoms with van der Waals surface area (Å²) in [5.74, 6) is 0. The van der Waals surface area contributed by atoms with Crippen LogP contribution in [-0.4, -0.2) is 0 Å². The van der Waals surface area contributed by atoms with E-state index in [1.54, 1.807) is 0 Å². The van der Waals surface area contributed by atoms with Gasteiger partial charge in [0.25, 0.3) is 0 Å². The molecule has 1 heteroatoms. The van der Waals surface area contributed by atoms with Crippen molar-refractivity contribution in [1.82, 2.24) is 0 Å². The molecule has 0 radical (unpaired) electrons. The topological polar surface area (TPSA) is 3.24 Å². The van der Waals surface area contributed by atoms with Crippen LogP contribution in [0.1, 0.15) is 23.6 Å². The Morgan fingerprint density at radius 1 is 0.284 bits per heavy atom. The van der Waals surface area contributed by atoms with Crippen molar-refractivity contribution in [3.63, 3.8) is 0 Å². The van der Waals surface area contributed by atoms with Gasteiger partial charge in [-0.1, -0.05) is 231 Å². The lowest BCUT2D eigenvalue weighted by atomic mass is 9.74. The SMILES string of the molecule is CC1(c2ccccc2)c2ccccc2-c2c(-c3ccc(N(c4cccc(-c5ccc(-c6ccccc6)cc5)c4)c4ccccc4-c4ccc(-c5ccc6ccccc6c5)cc4)cc3)cccc21. The predicted octanol–water partition coefficient (Wildman–Crippen LogP) is 18.0. The first kappa shape index (κ1) is 40.0. The fraction of sp³-hybridized carbons (Fsp3) is 0.0303. The first-order valence-corrected chi connectivity index (χ1v) is 23.2. The number of rotatable bonds is 9. The lowest BCUT2D eigenvalue weighted by molar-refractivity contribution is 0.714. The fourth-order valence-corrected chi connectivity index (χ4v) is 10.5. The number of hydrogen-bond donors (Lipinski definition) is 0. The molecule has 1 unspecified atom stereocenters. The molecule has 0 aromatic heterocycles. The molecule has 1 aliphatic carbocycles. The average molecular weight is 854 g/mol. The number of fused-ring (bicyclic) bond motifs is 4. The van der Waals surface area contributed by atoms with Crippen molar-refractivity contribution >= 4 is 27.8 Å². The number of nitrogens with zero attached hydrogens (tertiary/aromatic N) is 1. The minimum Gasteiger partial charge on any atom is -0.310 e. The second-order valence-corrected chi connectivity index (χ2v) is 17.8. The van der Waals surface area contributed by atoms with Gasteiger partial charge < -0.3 is 4.90 Å². The molecular weight excluding hydrogens is 807 g/mol. The zero-order chi connectivity index (χ0) is 44.7. The molecule has 316 valence electrons. The monoisotopic (exact) mass is 853 g/mol. The van der Waals surface area contributed by atoms with Crippen molar-refractivity contribution in [2.24, 2.45) is 0 Å². The number of hydrogen-bond acceptors (Lipinski definition) is 1. The van der Waals surface area contributed by atoms with Crippen LogP contribution in [0.3, 0.4) is 0 Å². The maximum atomic E-state index is 2.43. The van der Waals surface area contributed by atoms with Gasteiger partial charge >= 0.3 is 0 Å². The summed E-state index contributed by atoms with van der Waals surface area (Å²) in [5.41, 5.74) is 21.6. The molecule has 0 bridgehead atoms. The van der Waals surface area contributed by atoms with Gasteiger partial charge in [0, 0.05) is 22.4 Å². The van der Waals surface area contributed by atoms with E-state index >= 15 is 0 Å². The minimum atomic E-state index is -0.260. The lowest BCUT2D eigenvalue weighted by Gasteiger charge is -2.29. The zero-order valence-electron chi connectivity index (χ0n) is 37.4. The molecule has 1 aliphatic rings. The van der Waals surface area contributed by atoms with Gasteiger partial charge in [0.2, 0.25) is 0 Å². The smallest absolute Gasteiger partial charge is 0.0540 e. The van der Waals surface area contributed by atoms with Gasteiger partial charge in [-0.3, -0.25) is 0 Å². The number of para-hydroxylation sites is 1. The fourth-order valence-electron chi connectivity index (χ4n) is 10.5. The van der Waals surface area contributed by atoms with Crippen LogP contribution < -0.4 is 4.90 Å². The maximum absolute atomic E-state index is 2.43. The van der Waals surface area contributed by atoms with Crippen LogP contribution in [0.2, 0.25) is 0 Å². The van der Waals surface area contributed by atoms with Crippen molar-refractivity contribution < 1.29 is 0 Å². The number of benzene rings is 11. The van der Waals surface area contributed by atoms with Gasteiger partial charge in [-0.15, -0.1) is 0 Å². The molecular formula is C66H47N. The van der Waals surface area contributed by atoms with Gasteiger partial charge in [0.1, 0.15) is 0 Å². The highest BCUT2D eigenvalue weighted by Crippen LogP contribution is 2.55. The van der Waals surface area contributed by atoms with Crippen molar-refractivity contribution in [2.75, 3.05) is 4.90 Å². The van der Waals surface area contributed by atoms with E-state index in [1.165, 1.54) is 77.5 Å². The Labute approximate surface area is 393 Å². The van der Waals surface area contributed by atoms with Gasteiger partial charge in [-0.05, 0) is 132 Å². The van der Waals surface area contributed by atoms with Crippen molar-refractivity contribution in [3.05, 3.63) is 284 Å². The van der Waals surface area contributed by atoms with Crippen LogP contribution in [0.5, 0.6) is 0 Å². The highest BCUT2D eigenvalue weighted by Gasteiger charge is 2.41.